The zero-order valence-corrected chi connectivity index (χ0v) is 16.8. The zero-order valence-electron chi connectivity index (χ0n) is 16.8. The molecule has 1 aromatic rings. The Bertz CT molecular complexity index is 620. The highest BCUT2D eigenvalue weighted by Gasteiger charge is 2.22. The second kappa shape index (κ2) is 11.4. The van der Waals surface area contributed by atoms with E-state index < -0.39 is 0 Å². The Labute approximate surface area is 162 Å². The van der Waals surface area contributed by atoms with Crippen LogP contribution in [0.5, 0.6) is 5.75 Å². The van der Waals surface area contributed by atoms with Gasteiger partial charge in [-0.2, -0.15) is 0 Å². The molecule has 1 amide bonds. The van der Waals surface area contributed by atoms with Gasteiger partial charge in [-0.05, 0) is 45.0 Å². The van der Waals surface area contributed by atoms with Gasteiger partial charge in [0.15, 0.2) is 5.96 Å². The van der Waals surface area contributed by atoms with Gasteiger partial charge in [-0.15, -0.1) is 0 Å². The number of benzene rings is 1. The van der Waals surface area contributed by atoms with Crippen molar-refractivity contribution >= 4 is 17.6 Å². The first-order valence-electron chi connectivity index (χ1n) is 9.89. The summed E-state index contributed by atoms with van der Waals surface area (Å²) >= 11 is 0. The number of nitrogens with zero attached hydrogens (tertiary/aromatic N) is 2. The Balaban J connectivity index is 1.77. The quantitative estimate of drug-likeness (QED) is 0.350. The molecule has 2 rings (SSSR count). The van der Waals surface area contributed by atoms with E-state index in [0.29, 0.717) is 19.2 Å². The fraction of sp³-hybridized carbons (Fsp3) is 0.600. The highest BCUT2D eigenvalue weighted by Crippen LogP contribution is 2.17. The lowest BCUT2D eigenvalue weighted by molar-refractivity contribution is -0.114. The van der Waals surface area contributed by atoms with Crippen molar-refractivity contribution in [3.63, 3.8) is 0 Å². The minimum absolute atomic E-state index is 0.0933. The molecule has 7 heteroatoms. The van der Waals surface area contributed by atoms with Crippen molar-refractivity contribution in [2.45, 2.75) is 39.7 Å². The number of anilines is 1. The molecule has 3 N–H and O–H groups in total. The van der Waals surface area contributed by atoms with E-state index >= 15 is 0 Å². The molecule has 0 spiro atoms. The van der Waals surface area contributed by atoms with Crippen LogP contribution in [-0.4, -0.2) is 62.1 Å². The largest absolute Gasteiger partial charge is 0.492 e. The number of amides is 1. The Hall–Kier alpha value is -2.28. The monoisotopic (exact) mass is 375 g/mol. The Morgan fingerprint density at radius 3 is 2.93 bits per heavy atom. The van der Waals surface area contributed by atoms with Crippen molar-refractivity contribution in [2.24, 2.45) is 4.99 Å². The maximum Gasteiger partial charge on any atom is 0.221 e. The van der Waals surface area contributed by atoms with Crippen LogP contribution >= 0.6 is 0 Å². The molecule has 0 aromatic heterocycles. The highest BCUT2D eigenvalue weighted by atomic mass is 16.5. The van der Waals surface area contributed by atoms with Crippen LogP contribution in [0, 0.1) is 0 Å². The van der Waals surface area contributed by atoms with Gasteiger partial charge in [0.05, 0.1) is 13.1 Å². The molecular weight excluding hydrogens is 342 g/mol. The molecule has 0 saturated carbocycles. The molecule has 7 nitrogen and oxygen atoms in total. The zero-order chi connectivity index (χ0) is 19.5. The van der Waals surface area contributed by atoms with Gasteiger partial charge in [0.1, 0.15) is 12.4 Å². The van der Waals surface area contributed by atoms with Gasteiger partial charge in [0.25, 0.3) is 0 Å². The van der Waals surface area contributed by atoms with E-state index in [1.54, 1.807) is 0 Å². The van der Waals surface area contributed by atoms with Crippen LogP contribution in [0.25, 0.3) is 0 Å². The molecule has 150 valence electrons. The summed E-state index contributed by atoms with van der Waals surface area (Å²) in [7, 11) is 0. The molecule has 1 atom stereocenters. The fourth-order valence-corrected chi connectivity index (χ4v) is 3.26. The Kier molecular flexibility index (Phi) is 8.91. The maximum absolute atomic E-state index is 11.1. The maximum atomic E-state index is 11.1. The van der Waals surface area contributed by atoms with Gasteiger partial charge in [0.2, 0.25) is 5.91 Å². The fourth-order valence-electron chi connectivity index (χ4n) is 3.26. The topological polar surface area (TPSA) is 78.0 Å². The molecule has 0 aliphatic carbocycles. The van der Waals surface area contributed by atoms with E-state index in [4.69, 9.17) is 9.73 Å². The molecule has 1 unspecified atom stereocenters. The van der Waals surface area contributed by atoms with Crippen molar-refractivity contribution < 1.29 is 9.53 Å². The third kappa shape index (κ3) is 7.46. The minimum Gasteiger partial charge on any atom is -0.492 e. The second-order valence-corrected chi connectivity index (χ2v) is 6.63. The van der Waals surface area contributed by atoms with Crippen molar-refractivity contribution in [1.29, 1.82) is 0 Å². The number of nitrogens with one attached hydrogen (secondary N) is 3. The first-order valence-corrected chi connectivity index (χ1v) is 9.89. The molecule has 1 aromatic carbocycles. The molecule has 0 bridgehead atoms. The lowest BCUT2D eigenvalue weighted by Crippen LogP contribution is -2.40. The van der Waals surface area contributed by atoms with Crippen molar-refractivity contribution in [3.8, 4) is 5.75 Å². The number of carbonyl (C=O) groups excluding carboxylic acids is 1. The van der Waals surface area contributed by atoms with Crippen LogP contribution in [0.3, 0.4) is 0 Å². The number of guanidine groups is 1. The minimum atomic E-state index is -0.0933. The second-order valence-electron chi connectivity index (χ2n) is 6.63. The summed E-state index contributed by atoms with van der Waals surface area (Å²) in [6, 6.07) is 7.95. The van der Waals surface area contributed by atoms with Gasteiger partial charge >= 0.3 is 0 Å². The summed E-state index contributed by atoms with van der Waals surface area (Å²) in [5, 5.41) is 9.36. The SMILES string of the molecule is CCNC(=NCC1CCCN1CC)NCCOc1cccc(NC(C)=O)c1. The van der Waals surface area contributed by atoms with Gasteiger partial charge in [-0.25, -0.2) is 0 Å². The van der Waals surface area contributed by atoms with E-state index in [1.807, 2.05) is 24.3 Å². The summed E-state index contributed by atoms with van der Waals surface area (Å²) in [5.41, 5.74) is 0.736. The number of carbonyl (C=O) groups is 1. The predicted molar refractivity (Wildman–Crippen MR) is 110 cm³/mol. The first kappa shape index (κ1) is 21.0. The molecule has 1 aliphatic rings. The van der Waals surface area contributed by atoms with Crippen molar-refractivity contribution in [1.82, 2.24) is 15.5 Å². The molecule has 1 fully saturated rings. The smallest absolute Gasteiger partial charge is 0.221 e. The Morgan fingerprint density at radius 2 is 2.19 bits per heavy atom. The molecule has 1 saturated heterocycles. The van der Waals surface area contributed by atoms with Crippen LogP contribution in [0.1, 0.15) is 33.6 Å². The highest BCUT2D eigenvalue weighted by molar-refractivity contribution is 5.88. The number of likely N-dealkylation sites (N-methyl/N-ethyl adjacent to an activating group) is 1. The molecule has 1 heterocycles. The van der Waals surface area contributed by atoms with Crippen LogP contribution in [0.4, 0.5) is 5.69 Å². The summed E-state index contributed by atoms with van der Waals surface area (Å²) in [6.07, 6.45) is 2.49. The lowest BCUT2D eigenvalue weighted by atomic mass is 10.2. The van der Waals surface area contributed by atoms with E-state index in [9.17, 15) is 4.79 Å². The van der Waals surface area contributed by atoms with E-state index in [-0.39, 0.29) is 5.91 Å². The summed E-state index contributed by atoms with van der Waals surface area (Å²) in [5.74, 6) is 1.47. The third-order valence-electron chi connectivity index (χ3n) is 4.53. The van der Waals surface area contributed by atoms with Crippen LogP contribution in [0.15, 0.2) is 29.3 Å². The van der Waals surface area contributed by atoms with Gasteiger partial charge in [0, 0.05) is 31.3 Å². The number of hydrogen-bond donors (Lipinski definition) is 3. The summed E-state index contributed by atoms with van der Waals surface area (Å²) < 4.78 is 5.76. The predicted octanol–water partition coefficient (Wildman–Crippen LogP) is 2.06. The third-order valence-corrected chi connectivity index (χ3v) is 4.53. The van der Waals surface area contributed by atoms with Crippen LogP contribution < -0.4 is 20.7 Å². The lowest BCUT2D eigenvalue weighted by Gasteiger charge is -2.21. The average molecular weight is 376 g/mol. The van der Waals surface area contributed by atoms with E-state index in [2.05, 4.69) is 34.7 Å². The van der Waals surface area contributed by atoms with Crippen LogP contribution in [-0.2, 0) is 4.79 Å². The molecule has 1 aliphatic heterocycles. The standard InChI is InChI=1S/C20H33N5O2/c1-4-21-20(23-15-18-9-7-12-25(18)5-2)22-11-13-27-19-10-6-8-17(14-19)24-16(3)26/h6,8,10,14,18H,4-5,7,9,11-13,15H2,1-3H3,(H,24,26)(H2,21,22,23). The molecule has 0 radical (unpaired) electrons. The summed E-state index contributed by atoms with van der Waals surface area (Å²) in [6.45, 7) is 10.9. The van der Waals surface area contributed by atoms with E-state index in [0.717, 1.165) is 37.0 Å². The summed E-state index contributed by atoms with van der Waals surface area (Å²) in [4.78, 5) is 18.4. The number of rotatable bonds is 9. The number of ether oxygens (including phenoxy) is 1. The van der Waals surface area contributed by atoms with E-state index in [1.165, 1.54) is 26.3 Å². The number of likely N-dealkylation sites (tertiary alicyclic amines) is 1. The molecule has 27 heavy (non-hydrogen) atoms. The Morgan fingerprint density at radius 1 is 1.33 bits per heavy atom. The van der Waals surface area contributed by atoms with Crippen molar-refractivity contribution in [2.75, 3.05) is 44.6 Å². The van der Waals surface area contributed by atoms with Gasteiger partial charge in [-0.3, -0.25) is 14.7 Å². The van der Waals surface area contributed by atoms with Gasteiger partial charge < -0.3 is 20.7 Å². The average Bonchev–Trinajstić information content (AvgIpc) is 3.10. The van der Waals surface area contributed by atoms with Crippen LogP contribution in [0.2, 0.25) is 0 Å². The molecular formula is C20H33N5O2. The number of hydrogen-bond acceptors (Lipinski definition) is 4. The number of aliphatic imine (C=N–C) groups is 1. The first-order chi connectivity index (χ1) is 13.1. The normalized spacial score (nSPS) is 17.6. The van der Waals surface area contributed by atoms with Gasteiger partial charge in [-0.1, -0.05) is 13.0 Å². The van der Waals surface area contributed by atoms with Crippen molar-refractivity contribution in [3.05, 3.63) is 24.3 Å².